The summed E-state index contributed by atoms with van der Waals surface area (Å²) in [5.74, 6) is 1.36. The first kappa shape index (κ1) is 21.5. The van der Waals surface area contributed by atoms with Crippen molar-refractivity contribution in [2.75, 3.05) is 5.32 Å². The molecule has 168 valence electrons. The number of fused-ring (bicyclic) bond motifs is 1. The number of nitrogens with one attached hydrogen (secondary N) is 1. The SMILES string of the molecule is Cc1ccc(-c2nnc3n2CCCCC3)cc1NC(=O)c1sc(-c2ccc(F)cc2)nc1C. The molecule has 1 aliphatic rings. The second kappa shape index (κ2) is 8.86. The van der Waals surface area contributed by atoms with Gasteiger partial charge in [-0.05, 0) is 62.6 Å². The number of halogens is 1. The van der Waals surface area contributed by atoms with E-state index in [1.807, 2.05) is 32.0 Å². The molecule has 0 fully saturated rings. The van der Waals surface area contributed by atoms with Crippen LogP contribution in [0.2, 0.25) is 0 Å². The maximum absolute atomic E-state index is 13.3. The molecule has 2 aromatic carbocycles. The van der Waals surface area contributed by atoms with Crippen molar-refractivity contribution in [1.82, 2.24) is 19.7 Å². The van der Waals surface area contributed by atoms with Crippen LogP contribution in [-0.2, 0) is 13.0 Å². The summed E-state index contributed by atoms with van der Waals surface area (Å²) in [5.41, 5.74) is 4.07. The van der Waals surface area contributed by atoms with Gasteiger partial charge in [0.15, 0.2) is 5.82 Å². The number of hydrogen-bond donors (Lipinski definition) is 1. The van der Waals surface area contributed by atoms with E-state index in [2.05, 4.69) is 25.1 Å². The summed E-state index contributed by atoms with van der Waals surface area (Å²) in [6.45, 7) is 4.69. The normalized spacial score (nSPS) is 13.4. The minimum Gasteiger partial charge on any atom is -0.321 e. The van der Waals surface area contributed by atoms with Gasteiger partial charge < -0.3 is 9.88 Å². The standard InChI is InChI=1S/C25H24FN5OS/c1-15-7-8-18(23-30-29-21-6-4-3-5-13-31(21)23)14-20(15)28-24(32)22-16(2)27-25(33-22)17-9-11-19(26)12-10-17/h7-12,14H,3-6,13H2,1-2H3,(H,28,32). The molecular weight excluding hydrogens is 437 g/mol. The Kier molecular flexibility index (Phi) is 5.76. The minimum absolute atomic E-state index is 0.210. The lowest BCUT2D eigenvalue weighted by molar-refractivity contribution is 0.102. The Morgan fingerprint density at radius 1 is 1.03 bits per heavy atom. The molecule has 0 atom stereocenters. The van der Waals surface area contributed by atoms with E-state index < -0.39 is 0 Å². The number of benzene rings is 2. The van der Waals surface area contributed by atoms with Gasteiger partial charge in [0.1, 0.15) is 21.5 Å². The highest BCUT2D eigenvalue weighted by Gasteiger charge is 2.19. The largest absolute Gasteiger partial charge is 0.321 e. The molecule has 0 radical (unpaired) electrons. The fraction of sp³-hybridized carbons (Fsp3) is 0.280. The molecule has 8 heteroatoms. The molecule has 2 aromatic heterocycles. The number of aromatic nitrogens is 4. The van der Waals surface area contributed by atoms with Crippen LogP contribution in [0.25, 0.3) is 22.0 Å². The van der Waals surface area contributed by atoms with E-state index in [1.54, 1.807) is 12.1 Å². The lowest BCUT2D eigenvalue weighted by Gasteiger charge is -2.11. The molecule has 0 spiro atoms. The molecule has 3 heterocycles. The Balaban J connectivity index is 1.42. The molecule has 0 unspecified atom stereocenters. The van der Waals surface area contributed by atoms with Crippen LogP contribution in [0.15, 0.2) is 42.5 Å². The lowest BCUT2D eigenvalue weighted by atomic mass is 10.1. The van der Waals surface area contributed by atoms with Crippen LogP contribution < -0.4 is 5.32 Å². The first-order valence-electron chi connectivity index (χ1n) is 11.1. The van der Waals surface area contributed by atoms with Gasteiger partial charge in [-0.2, -0.15) is 0 Å². The van der Waals surface area contributed by atoms with Crippen LogP contribution in [-0.4, -0.2) is 25.7 Å². The molecule has 0 saturated carbocycles. The van der Waals surface area contributed by atoms with Crippen molar-refractivity contribution in [2.24, 2.45) is 0 Å². The molecule has 0 aliphatic carbocycles. The quantitative estimate of drug-likeness (QED) is 0.417. The number of carbonyl (C=O) groups excluding carboxylic acids is 1. The van der Waals surface area contributed by atoms with Crippen LogP contribution in [0.1, 0.15) is 46.0 Å². The monoisotopic (exact) mass is 461 g/mol. The summed E-state index contributed by atoms with van der Waals surface area (Å²) < 4.78 is 15.5. The van der Waals surface area contributed by atoms with Gasteiger partial charge >= 0.3 is 0 Å². The summed E-state index contributed by atoms with van der Waals surface area (Å²) in [7, 11) is 0. The second-order valence-electron chi connectivity index (χ2n) is 8.33. The van der Waals surface area contributed by atoms with Gasteiger partial charge in [0.05, 0.1) is 5.69 Å². The van der Waals surface area contributed by atoms with Gasteiger partial charge in [0.25, 0.3) is 5.91 Å². The van der Waals surface area contributed by atoms with Crippen molar-refractivity contribution in [3.8, 4) is 22.0 Å². The third-order valence-electron chi connectivity index (χ3n) is 5.95. The highest BCUT2D eigenvalue weighted by Crippen LogP contribution is 2.30. The third-order valence-corrected chi connectivity index (χ3v) is 7.15. The fourth-order valence-electron chi connectivity index (χ4n) is 4.10. The van der Waals surface area contributed by atoms with Crippen LogP contribution in [0, 0.1) is 19.7 Å². The predicted molar refractivity (Wildman–Crippen MR) is 128 cm³/mol. The number of thiazole rings is 1. The van der Waals surface area contributed by atoms with Crippen molar-refractivity contribution in [2.45, 2.75) is 46.1 Å². The van der Waals surface area contributed by atoms with Gasteiger partial charge in [0, 0.05) is 29.8 Å². The molecule has 4 aromatic rings. The first-order valence-corrected chi connectivity index (χ1v) is 11.9. The van der Waals surface area contributed by atoms with Crippen molar-refractivity contribution in [3.05, 3.63) is 70.2 Å². The average molecular weight is 462 g/mol. The molecular formula is C25H24FN5OS. The molecule has 5 rings (SSSR count). The molecule has 1 N–H and O–H groups in total. The number of amides is 1. The van der Waals surface area contributed by atoms with Crippen LogP contribution in [0.3, 0.4) is 0 Å². The zero-order valence-corrected chi connectivity index (χ0v) is 19.4. The van der Waals surface area contributed by atoms with Gasteiger partial charge in [-0.3, -0.25) is 4.79 Å². The van der Waals surface area contributed by atoms with Gasteiger partial charge in [0.2, 0.25) is 0 Å². The summed E-state index contributed by atoms with van der Waals surface area (Å²) >= 11 is 1.30. The zero-order valence-electron chi connectivity index (χ0n) is 18.6. The third kappa shape index (κ3) is 4.30. The number of aryl methyl sites for hydroxylation is 3. The topological polar surface area (TPSA) is 72.7 Å². The lowest BCUT2D eigenvalue weighted by Crippen LogP contribution is -2.12. The first-order chi connectivity index (χ1) is 16.0. The van der Waals surface area contributed by atoms with E-state index >= 15 is 0 Å². The smallest absolute Gasteiger partial charge is 0.267 e. The van der Waals surface area contributed by atoms with Crippen molar-refractivity contribution in [1.29, 1.82) is 0 Å². The summed E-state index contributed by atoms with van der Waals surface area (Å²) in [6.07, 6.45) is 4.41. The number of anilines is 1. The maximum Gasteiger partial charge on any atom is 0.267 e. The van der Waals surface area contributed by atoms with E-state index in [0.29, 0.717) is 15.6 Å². The fourth-order valence-corrected chi connectivity index (χ4v) is 5.06. The number of rotatable bonds is 4. The van der Waals surface area contributed by atoms with Gasteiger partial charge in [-0.1, -0.05) is 18.6 Å². The molecule has 33 heavy (non-hydrogen) atoms. The Labute approximate surface area is 195 Å². The zero-order chi connectivity index (χ0) is 22.9. The van der Waals surface area contributed by atoms with Crippen LogP contribution in [0.5, 0.6) is 0 Å². The highest BCUT2D eigenvalue weighted by molar-refractivity contribution is 7.17. The van der Waals surface area contributed by atoms with E-state index in [1.165, 1.54) is 29.9 Å². The van der Waals surface area contributed by atoms with E-state index in [9.17, 15) is 9.18 Å². The Hall–Kier alpha value is -3.39. The number of nitrogens with zero attached hydrogens (tertiary/aromatic N) is 4. The second-order valence-corrected chi connectivity index (χ2v) is 9.33. The highest BCUT2D eigenvalue weighted by atomic mass is 32.1. The average Bonchev–Trinajstić information content (AvgIpc) is 3.31. The maximum atomic E-state index is 13.3. The summed E-state index contributed by atoms with van der Waals surface area (Å²) in [4.78, 5) is 18.2. The summed E-state index contributed by atoms with van der Waals surface area (Å²) in [5, 5.41) is 12.6. The van der Waals surface area contributed by atoms with Crippen LogP contribution >= 0.6 is 11.3 Å². The van der Waals surface area contributed by atoms with Gasteiger partial charge in [-0.25, -0.2) is 9.37 Å². The molecule has 0 saturated heterocycles. The number of carbonyl (C=O) groups is 1. The van der Waals surface area contributed by atoms with Crippen LogP contribution in [0.4, 0.5) is 10.1 Å². The Bertz CT molecular complexity index is 1330. The predicted octanol–water partition coefficient (Wildman–Crippen LogP) is 5.80. The van der Waals surface area contributed by atoms with Crippen molar-refractivity contribution < 1.29 is 9.18 Å². The minimum atomic E-state index is -0.301. The van der Waals surface area contributed by atoms with Crippen molar-refractivity contribution >= 4 is 22.9 Å². The van der Waals surface area contributed by atoms with Gasteiger partial charge in [-0.15, -0.1) is 21.5 Å². The number of hydrogen-bond acceptors (Lipinski definition) is 5. The molecule has 1 amide bonds. The Morgan fingerprint density at radius 3 is 2.64 bits per heavy atom. The summed E-state index contributed by atoms with van der Waals surface area (Å²) in [6, 6.07) is 12.1. The molecule has 1 aliphatic heterocycles. The van der Waals surface area contributed by atoms with E-state index in [4.69, 9.17) is 0 Å². The van der Waals surface area contributed by atoms with E-state index in [0.717, 1.165) is 59.8 Å². The molecule has 6 nitrogen and oxygen atoms in total. The van der Waals surface area contributed by atoms with Crippen molar-refractivity contribution in [3.63, 3.8) is 0 Å². The van der Waals surface area contributed by atoms with E-state index in [-0.39, 0.29) is 11.7 Å². The molecule has 0 bridgehead atoms. The Morgan fingerprint density at radius 2 is 1.82 bits per heavy atom.